The van der Waals surface area contributed by atoms with Gasteiger partial charge in [0.15, 0.2) is 0 Å². The number of amides is 2. The van der Waals surface area contributed by atoms with Crippen LogP contribution < -0.4 is 20.2 Å². The Hall–Kier alpha value is -3.98. The van der Waals surface area contributed by atoms with Gasteiger partial charge in [0.1, 0.15) is 11.5 Å². The molecule has 3 rings (SSSR count). The molecule has 0 radical (unpaired) electrons. The number of nitrogens with one attached hydrogen (secondary N) is 2. The second-order valence-electron chi connectivity index (χ2n) is 7.37. The van der Waals surface area contributed by atoms with E-state index >= 15 is 0 Å². The summed E-state index contributed by atoms with van der Waals surface area (Å²) in [6.07, 6.45) is 1.36. The highest BCUT2D eigenvalue weighted by Crippen LogP contribution is 2.23. The maximum atomic E-state index is 12.5. The van der Waals surface area contributed by atoms with Crippen LogP contribution in [0, 0.1) is 6.92 Å². The fourth-order valence-electron chi connectivity index (χ4n) is 2.99. The minimum Gasteiger partial charge on any atom is -0.494 e. The van der Waals surface area contributed by atoms with Gasteiger partial charge in [-0.15, -0.1) is 0 Å². The first kappa shape index (κ1) is 25.6. The normalized spacial score (nSPS) is 10.6. The summed E-state index contributed by atoms with van der Waals surface area (Å²) in [5.74, 6) is -0.487. The van der Waals surface area contributed by atoms with Crippen molar-refractivity contribution in [2.75, 3.05) is 13.2 Å². The standard InChI is InChI=1S/C26H24BrN3O5/c1-3-34-22-10-7-18(8-11-22)25(32)28-16-24(31)30-29-15-20-14-21(27)9-12-23(20)35-26(33)19-6-4-5-17(2)13-19/h4-15H,3,16H2,1-2H3,(H,28,32)(H,30,31)/b29-15+. The number of halogens is 1. The second-order valence-corrected chi connectivity index (χ2v) is 8.29. The van der Waals surface area contributed by atoms with Gasteiger partial charge < -0.3 is 14.8 Å². The summed E-state index contributed by atoms with van der Waals surface area (Å²) in [4.78, 5) is 36.8. The molecule has 0 fully saturated rings. The number of esters is 1. The number of hydrogen-bond acceptors (Lipinski definition) is 6. The fourth-order valence-corrected chi connectivity index (χ4v) is 3.37. The van der Waals surface area contributed by atoms with Gasteiger partial charge in [-0.2, -0.15) is 5.10 Å². The number of rotatable bonds is 9. The van der Waals surface area contributed by atoms with E-state index < -0.39 is 17.8 Å². The van der Waals surface area contributed by atoms with Crippen LogP contribution in [-0.4, -0.2) is 37.1 Å². The quantitative estimate of drug-likeness (QED) is 0.183. The first-order chi connectivity index (χ1) is 16.9. The highest BCUT2D eigenvalue weighted by atomic mass is 79.9. The van der Waals surface area contributed by atoms with Crippen molar-refractivity contribution >= 4 is 39.9 Å². The molecule has 0 saturated carbocycles. The lowest BCUT2D eigenvalue weighted by Gasteiger charge is -2.09. The minimum absolute atomic E-state index is 0.267. The van der Waals surface area contributed by atoms with E-state index in [0.717, 1.165) is 10.0 Å². The van der Waals surface area contributed by atoms with E-state index in [9.17, 15) is 14.4 Å². The Morgan fingerprint density at radius 1 is 1.00 bits per heavy atom. The van der Waals surface area contributed by atoms with Crippen LogP contribution in [0.5, 0.6) is 11.5 Å². The smallest absolute Gasteiger partial charge is 0.343 e. The van der Waals surface area contributed by atoms with E-state index in [-0.39, 0.29) is 12.3 Å². The molecule has 180 valence electrons. The number of carbonyl (C=O) groups is 3. The lowest BCUT2D eigenvalue weighted by molar-refractivity contribution is -0.120. The van der Waals surface area contributed by atoms with Gasteiger partial charge in [0.25, 0.3) is 11.8 Å². The maximum Gasteiger partial charge on any atom is 0.343 e. The molecule has 0 aliphatic rings. The Labute approximate surface area is 211 Å². The van der Waals surface area contributed by atoms with Crippen LogP contribution in [0.4, 0.5) is 0 Å². The molecule has 0 unspecified atom stereocenters. The predicted molar refractivity (Wildman–Crippen MR) is 136 cm³/mol. The molecule has 0 bridgehead atoms. The van der Waals surface area contributed by atoms with Gasteiger partial charge in [-0.05, 0) is 68.4 Å². The maximum absolute atomic E-state index is 12.5. The first-order valence-electron chi connectivity index (χ1n) is 10.8. The molecular weight excluding hydrogens is 514 g/mol. The van der Waals surface area contributed by atoms with E-state index in [1.807, 2.05) is 19.9 Å². The van der Waals surface area contributed by atoms with Crippen molar-refractivity contribution in [2.45, 2.75) is 13.8 Å². The predicted octanol–water partition coefficient (Wildman–Crippen LogP) is 4.26. The van der Waals surface area contributed by atoms with Crippen LogP contribution in [0.2, 0.25) is 0 Å². The number of benzene rings is 3. The molecule has 0 saturated heterocycles. The topological polar surface area (TPSA) is 106 Å². The largest absolute Gasteiger partial charge is 0.494 e. The zero-order valence-electron chi connectivity index (χ0n) is 19.2. The summed E-state index contributed by atoms with van der Waals surface area (Å²) in [6, 6.07) is 18.7. The summed E-state index contributed by atoms with van der Waals surface area (Å²) in [5.41, 5.74) is 4.58. The Balaban J connectivity index is 1.56. The fraction of sp³-hybridized carbons (Fsp3) is 0.154. The molecule has 9 heteroatoms. The van der Waals surface area contributed by atoms with Crippen molar-refractivity contribution in [3.8, 4) is 11.5 Å². The summed E-state index contributed by atoms with van der Waals surface area (Å²) in [6.45, 7) is 4.02. The minimum atomic E-state index is -0.520. The van der Waals surface area contributed by atoms with E-state index in [1.165, 1.54) is 6.21 Å². The number of nitrogens with zero attached hydrogens (tertiary/aromatic N) is 1. The Bertz CT molecular complexity index is 1240. The lowest BCUT2D eigenvalue weighted by Crippen LogP contribution is -2.34. The van der Waals surface area contributed by atoms with E-state index in [2.05, 4.69) is 31.8 Å². The SMILES string of the molecule is CCOc1ccc(C(=O)NCC(=O)N/N=C/c2cc(Br)ccc2OC(=O)c2cccc(C)c2)cc1. The number of ether oxygens (including phenoxy) is 2. The molecule has 3 aromatic carbocycles. The van der Waals surface area contributed by atoms with Crippen molar-refractivity contribution in [2.24, 2.45) is 5.10 Å². The molecule has 0 spiro atoms. The third kappa shape index (κ3) is 7.79. The van der Waals surface area contributed by atoms with Gasteiger partial charge in [0, 0.05) is 15.6 Å². The molecule has 35 heavy (non-hydrogen) atoms. The second kappa shape index (κ2) is 12.5. The molecule has 0 aliphatic heterocycles. The van der Waals surface area contributed by atoms with Crippen LogP contribution in [0.25, 0.3) is 0 Å². The van der Waals surface area contributed by atoms with E-state index in [4.69, 9.17) is 9.47 Å². The van der Waals surface area contributed by atoms with E-state index in [0.29, 0.717) is 29.0 Å². The van der Waals surface area contributed by atoms with Crippen molar-refractivity contribution < 1.29 is 23.9 Å². The van der Waals surface area contributed by atoms with Gasteiger partial charge in [0.2, 0.25) is 0 Å². The highest BCUT2D eigenvalue weighted by Gasteiger charge is 2.12. The van der Waals surface area contributed by atoms with Crippen molar-refractivity contribution in [3.05, 3.63) is 93.5 Å². The Kier molecular flexibility index (Phi) is 9.14. The van der Waals surface area contributed by atoms with Crippen LogP contribution in [0.15, 0.2) is 76.3 Å². The molecule has 0 atom stereocenters. The number of hydrogen-bond donors (Lipinski definition) is 2. The summed E-state index contributed by atoms with van der Waals surface area (Å²) in [5, 5.41) is 6.44. The van der Waals surface area contributed by atoms with Gasteiger partial charge in [-0.1, -0.05) is 33.6 Å². The van der Waals surface area contributed by atoms with Crippen molar-refractivity contribution in [1.29, 1.82) is 0 Å². The summed E-state index contributed by atoms with van der Waals surface area (Å²) < 4.78 is 11.6. The zero-order valence-corrected chi connectivity index (χ0v) is 20.8. The number of aryl methyl sites for hydroxylation is 1. The molecule has 3 aromatic rings. The monoisotopic (exact) mass is 537 g/mol. The van der Waals surface area contributed by atoms with Crippen LogP contribution in [0.3, 0.4) is 0 Å². The molecule has 8 nitrogen and oxygen atoms in total. The number of hydrazone groups is 1. The van der Waals surface area contributed by atoms with Crippen LogP contribution >= 0.6 is 15.9 Å². The molecule has 0 aliphatic carbocycles. The molecule has 0 heterocycles. The highest BCUT2D eigenvalue weighted by molar-refractivity contribution is 9.10. The zero-order chi connectivity index (χ0) is 25.2. The summed E-state index contributed by atoms with van der Waals surface area (Å²) in [7, 11) is 0. The molecule has 2 amide bonds. The van der Waals surface area contributed by atoms with Crippen molar-refractivity contribution in [3.63, 3.8) is 0 Å². The Morgan fingerprint density at radius 2 is 1.77 bits per heavy atom. The van der Waals surface area contributed by atoms with Gasteiger partial charge in [-0.3, -0.25) is 9.59 Å². The molecular formula is C26H24BrN3O5. The number of carbonyl (C=O) groups excluding carboxylic acids is 3. The van der Waals surface area contributed by atoms with Crippen LogP contribution in [0.1, 0.15) is 38.8 Å². The van der Waals surface area contributed by atoms with Gasteiger partial charge in [-0.25, -0.2) is 10.2 Å². The van der Waals surface area contributed by atoms with Crippen LogP contribution in [-0.2, 0) is 4.79 Å². The van der Waals surface area contributed by atoms with Gasteiger partial charge >= 0.3 is 5.97 Å². The van der Waals surface area contributed by atoms with E-state index in [1.54, 1.807) is 60.7 Å². The lowest BCUT2D eigenvalue weighted by atomic mass is 10.1. The summed E-state index contributed by atoms with van der Waals surface area (Å²) >= 11 is 3.37. The average molecular weight is 538 g/mol. The average Bonchev–Trinajstić information content (AvgIpc) is 2.84. The third-order valence-corrected chi connectivity index (χ3v) is 5.15. The van der Waals surface area contributed by atoms with Gasteiger partial charge in [0.05, 0.1) is 24.9 Å². The Morgan fingerprint density at radius 3 is 2.49 bits per heavy atom. The third-order valence-electron chi connectivity index (χ3n) is 4.66. The first-order valence-corrected chi connectivity index (χ1v) is 11.6. The molecule has 2 N–H and O–H groups in total. The van der Waals surface area contributed by atoms with Crippen molar-refractivity contribution in [1.82, 2.24) is 10.7 Å². The molecule has 0 aromatic heterocycles.